The van der Waals surface area contributed by atoms with E-state index in [-0.39, 0.29) is 17.5 Å². The molecule has 0 saturated carbocycles. The van der Waals surface area contributed by atoms with E-state index < -0.39 is 17.5 Å². The van der Waals surface area contributed by atoms with Crippen LogP contribution in [0.15, 0.2) is 33.9 Å². The number of pyridine rings is 1. The highest BCUT2D eigenvalue weighted by atomic mass is 16.6. The van der Waals surface area contributed by atoms with Crippen LogP contribution < -0.4 is 16.4 Å². The van der Waals surface area contributed by atoms with Gasteiger partial charge >= 0.3 is 11.8 Å². The number of carbonyl (C=O) groups excluding carboxylic acids is 1. The minimum absolute atomic E-state index is 0.0844. The molecule has 1 amide bonds. The summed E-state index contributed by atoms with van der Waals surface area (Å²) in [5.74, 6) is 0.000819. The topological polar surface area (TPSA) is 142 Å². The SMILES string of the molecule is CN(C(=O)OC(C)(C)C)c1ncc(-c2nn(C)c(=O)o2)cc1-c1cnc(N)cn1. The second kappa shape index (κ2) is 7.34. The maximum absolute atomic E-state index is 12.5. The van der Waals surface area contributed by atoms with Crippen molar-refractivity contribution in [1.29, 1.82) is 0 Å². The van der Waals surface area contributed by atoms with Crippen LogP contribution in [0.25, 0.3) is 22.7 Å². The Hall–Kier alpha value is -3.76. The van der Waals surface area contributed by atoms with Crippen molar-refractivity contribution < 1.29 is 13.9 Å². The van der Waals surface area contributed by atoms with Crippen molar-refractivity contribution >= 4 is 17.7 Å². The number of carbonyl (C=O) groups is 1. The maximum atomic E-state index is 12.5. The summed E-state index contributed by atoms with van der Waals surface area (Å²) in [6.07, 6.45) is 3.69. The Morgan fingerprint density at radius 3 is 2.48 bits per heavy atom. The molecule has 11 nitrogen and oxygen atoms in total. The van der Waals surface area contributed by atoms with Gasteiger partial charge in [0.25, 0.3) is 5.89 Å². The van der Waals surface area contributed by atoms with Gasteiger partial charge < -0.3 is 14.9 Å². The second-order valence-electron chi connectivity index (χ2n) is 7.26. The van der Waals surface area contributed by atoms with E-state index in [0.29, 0.717) is 16.8 Å². The number of rotatable bonds is 3. The van der Waals surface area contributed by atoms with Gasteiger partial charge in [-0.1, -0.05) is 0 Å². The number of hydrogen-bond acceptors (Lipinski definition) is 9. The number of aromatic nitrogens is 5. The van der Waals surface area contributed by atoms with Crippen LogP contribution in [-0.4, -0.2) is 43.5 Å². The van der Waals surface area contributed by atoms with Crippen LogP contribution in [0.1, 0.15) is 20.8 Å². The summed E-state index contributed by atoms with van der Waals surface area (Å²) in [6, 6.07) is 1.65. The first-order chi connectivity index (χ1) is 13.5. The van der Waals surface area contributed by atoms with E-state index in [1.807, 2.05) is 0 Å². The fourth-order valence-electron chi connectivity index (χ4n) is 2.39. The normalized spacial score (nSPS) is 11.3. The molecule has 0 bridgehead atoms. The van der Waals surface area contributed by atoms with Crippen LogP contribution in [0.2, 0.25) is 0 Å². The predicted octanol–water partition coefficient (Wildman–Crippen LogP) is 1.85. The maximum Gasteiger partial charge on any atom is 0.437 e. The van der Waals surface area contributed by atoms with Gasteiger partial charge in [-0.25, -0.2) is 19.6 Å². The standard InChI is InChI=1S/C18H21N7O4/c1-18(2,3)29-16(26)24(4)14-11(12-8-21-13(19)9-20-12)6-10(7-22-14)15-23-25(5)17(27)28-15/h6-9H,1-5H3,(H2,19,21). The molecule has 0 aliphatic rings. The second-order valence-corrected chi connectivity index (χ2v) is 7.26. The summed E-state index contributed by atoms with van der Waals surface area (Å²) in [7, 11) is 3.00. The minimum atomic E-state index is -0.677. The van der Waals surface area contributed by atoms with Crippen LogP contribution in [-0.2, 0) is 11.8 Å². The minimum Gasteiger partial charge on any atom is -0.443 e. The predicted molar refractivity (Wildman–Crippen MR) is 105 cm³/mol. The van der Waals surface area contributed by atoms with Gasteiger partial charge in [-0.3, -0.25) is 9.88 Å². The van der Waals surface area contributed by atoms with Gasteiger partial charge in [0.15, 0.2) is 0 Å². The lowest BCUT2D eigenvalue weighted by atomic mass is 10.1. The number of anilines is 2. The summed E-state index contributed by atoms with van der Waals surface area (Å²) in [5.41, 5.74) is 6.25. The Labute approximate surface area is 166 Å². The lowest BCUT2D eigenvalue weighted by Crippen LogP contribution is -2.34. The van der Waals surface area contributed by atoms with Gasteiger partial charge in [-0.15, -0.1) is 5.10 Å². The average Bonchev–Trinajstić information content (AvgIpc) is 2.99. The molecule has 3 aromatic heterocycles. The van der Waals surface area contributed by atoms with Gasteiger partial charge in [-0.05, 0) is 26.8 Å². The zero-order valence-corrected chi connectivity index (χ0v) is 16.7. The van der Waals surface area contributed by atoms with Gasteiger partial charge in [0, 0.05) is 25.9 Å². The molecule has 0 spiro atoms. The first-order valence-electron chi connectivity index (χ1n) is 8.64. The van der Waals surface area contributed by atoms with Crippen LogP contribution in [0.3, 0.4) is 0 Å². The van der Waals surface area contributed by atoms with Gasteiger partial charge in [-0.2, -0.15) is 4.68 Å². The van der Waals surface area contributed by atoms with Crippen LogP contribution in [0, 0.1) is 0 Å². The third-order valence-corrected chi connectivity index (χ3v) is 3.74. The molecule has 0 fully saturated rings. The summed E-state index contributed by atoms with van der Waals surface area (Å²) < 4.78 is 11.6. The molecule has 3 aromatic rings. The van der Waals surface area contributed by atoms with Crippen molar-refractivity contribution in [2.75, 3.05) is 17.7 Å². The number of nitrogen functional groups attached to an aromatic ring is 1. The van der Waals surface area contributed by atoms with E-state index >= 15 is 0 Å². The molecule has 152 valence electrons. The Kier molecular flexibility index (Phi) is 5.06. The van der Waals surface area contributed by atoms with Crippen LogP contribution in [0.4, 0.5) is 16.4 Å². The molecule has 0 saturated heterocycles. The van der Waals surface area contributed by atoms with Crippen molar-refractivity contribution in [2.24, 2.45) is 7.05 Å². The number of amides is 1. The zero-order valence-electron chi connectivity index (χ0n) is 16.7. The highest BCUT2D eigenvalue weighted by Gasteiger charge is 2.25. The molecule has 0 atom stereocenters. The Morgan fingerprint density at radius 1 is 1.21 bits per heavy atom. The molecule has 0 aromatic carbocycles. The molecule has 2 N–H and O–H groups in total. The fraction of sp³-hybridized carbons (Fsp3) is 0.333. The number of hydrogen-bond donors (Lipinski definition) is 1. The van der Waals surface area contributed by atoms with E-state index in [0.717, 1.165) is 4.68 Å². The quantitative estimate of drug-likeness (QED) is 0.698. The molecule has 0 aliphatic heterocycles. The number of nitrogens with zero attached hydrogens (tertiary/aromatic N) is 6. The summed E-state index contributed by atoms with van der Waals surface area (Å²) in [4.78, 5) is 38.1. The molecule has 11 heteroatoms. The van der Waals surface area contributed by atoms with Crippen molar-refractivity contribution in [3.63, 3.8) is 0 Å². The fourth-order valence-corrected chi connectivity index (χ4v) is 2.39. The third-order valence-electron chi connectivity index (χ3n) is 3.74. The van der Waals surface area contributed by atoms with E-state index in [1.54, 1.807) is 26.8 Å². The molecular weight excluding hydrogens is 378 g/mol. The molecular formula is C18H21N7O4. The van der Waals surface area contributed by atoms with E-state index in [9.17, 15) is 9.59 Å². The monoisotopic (exact) mass is 399 g/mol. The van der Waals surface area contributed by atoms with E-state index in [1.165, 1.54) is 37.6 Å². The number of ether oxygens (including phenoxy) is 1. The van der Waals surface area contributed by atoms with Gasteiger partial charge in [0.1, 0.15) is 17.2 Å². The first-order valence-corrected chi connectivity index (χ1v) is 8.64. The van der Waals surface area contributed by atoms with Crippen molar-refractivity contribution in [3.05, 3.63) is 35.2 Å². The van der Waals surface area contributed by atoms with Crippen molar-refractivity contribution in [3.8, 4) is 22.7 Å². The number of aryl methyl sites for hydroxylation is 1. The summed E-state index contributed by atoms with van der Waals surface area (Å²) in [6.45, 7) is 5.31. The Bertz CT molecular complexity index is 1100. The lowest BCUT2D eigenvalue weighted by Gasteiger charge is -2.25. The Morgan fingerprint density at radius 2 is 1.93 bits per heavy atom. The summed E-state index contributed by atoms with van der Waals surface area (Å²) in [5, 5.41) is 4.02. The van der Waals surface area contributed by atoms with Gasteiger partial charge in [0.05, 0.1) is 23.7 Å². The average molecular weight is 399 g/mol. The Balaban J connectivity index is 2.11. The third kappa shape index (κ3) is 4.39. The number of nitrogens with two attached hydrogens (primary N) is 1. The lowest BCUT2D eigenvalue weighted by molar-refractivity contribution is 0.0588. The largest absolute Gasteiger partial charge is 0.443 e. The highest BCUT2D eigenvalue weighted by molar-refractivity contribution is 5.92. The first kappa shape index (κ1) is 20.0. The molecule has 0 unspecified atom stereocenters. The van der Waals surface area contributed by atoms with E-state index in [4.69, 9.17) is 14.9 Å². The molecule has 3 heterocycles. The molecule has 29 heavy (non-hydrogen) atoms. The van der Waals surface area contributed by atoms with E-state index in [2.05, 4.69) is 20.1 Å². The van der Waals surface area contributed by atoms with Crippen LogP contribution in [0.5, 0.6) is 0 Å². The zero-order chi connectivity index (χ0) is 21.3. The molecule has 0 aliphatic carbocycles. The summed E-state index contributed by atoms with van der Waals surface area (Å²) >= 11 is 0. The smallest absolute Gasteiger partial charge is 0.437 e. The van der Waals surface area contributed by atoms with Crippen LogP contribution >= 0.6 is 0 Å². The molecule has 0 radical (unpaired) electrons. The highest BCUT2D eigenvalue weighted by Crippen LogP contribution is 2.31. The molecule has 3 rings (SSSR count). The van der Waals surface area contributed by atoms with Crippen molar-refractivity contribution in [2.45, 2.75) is 26.4 Å². The van der Waals surface area contributed by atoms with Gasteiger partial charge in [0.2, 0.25) is 0 Å². The van der Waals surface area contributed by atoms with Crippen molar-refractivity contribution in [1.82, 2.24) is 24.7 Å².